The number of piperidine rings is 1. The van der Waals surface area contributed by atoms with Gasteiger partial charge in [-0.15, -0.1) is 0 Å². The lowest BCUT2D eigenvalue weighted by Crippen LogP contribution is -2.53. The molecule has 2 fully saturated rings. The fourth-order valence-corrected chi connectivity index (χ4v) is 6.53. The van der Waals surface area contributed by atoms with Gasteiger partial charge in [-0.05, 0) is 37.1 Å². The van der Waals surface area contributed by atoms with Crippen LogP contribution in [0.3, 0.4) is 0 Å². The molecule has 0 radical (unpaired) electrons. The van der Waals surface area contributed by atoms with E-state index in [0.717, 1.165) is 64.1 Å². The summed E-state index contributed by atoms with van der Waals surface area (Å²) in [7, 11) is -0.377. The number of benzene rings is 2. The van der Waals surface area contributed by atoms with Gasteiger partial charge in [0, 0.05) is 70.7 Å². The third-order valence-electron chi connectivity index (χ3n) is 8.56. The Morgan fingerprint density at radius 1 is 1.07 bits per heavy atom. The number of piperazine rings is 1. The number of aromatic nitrogens is 2. The highest BCUT2D eigenvalue weighted by Crippen LogP contribution is 2.35. The summed E-state index contributed by atoms with van der Waals surface area (Å²) in [6.07, 6.45) is 4.94. The Morgan fingerprint density at radius 3 is 2.46 bits per heavy atom. The lowest BCUT2D eigenvalue weighted by atomic mass is 10.0. The number of anilines is 6. The molecule has 46 heavy (non-hydrogen) atoms. The van der Waals surface area contributed by atoms with Gasteiger partial charge >= 0.3 is 5.97 Å². The van der Waals surface area contributed by atoms with E-state index in [1.807, 2.05) is 12.1 Å². The second-order valence-electron chi connectivity index (χ2n) is 11.5. The number of carboxylic acids is 1. The van der Waals surface area contributed by atoms with Crippen molar-refractivity contribution in [3.63, 3.8) is 0 Å². The predicted molar refractivity (Wildman–Crippen MR) is 182 cm³/mol. The summed E-state index contributed by atoms with van der Waals surface area (Å²) in [5.74, 6) is 0.505. The minimum absolute atomic E-state index is 0.198. The molecule has 1 aromatic heterocycles. The molecule has 0 aliphatic carbocycles. The van der Waals surface area contributed by atoms with Gasteiger partial charge in [0.05, 0.1) is 43.0 Å². The molecule has 2 aliphatic heterocycles. The second-order valence-corrected chi connectivity index (χ2v) is 13.9. The summed E-state index contributed by atoms with van der Waals surface area (Å²) in [5, 5.41) is 15.6. The van der Waals surface area contributed by atoms with Crippen LogP contribution in [0, 0.1) is 0 Å². The molecule has 2 saturated heterocycles. The van der Waals surface area contributed by atoms with Crippen LogP contribution in [0.2, 0.25) is 5.02 Å². The van der Waals surface area contributed by atoms with Crippen molar-refractivity contribution < 1.29 is 23.1 Å². The Morgan fingerprint density at radius 2 is 1.78 bits per heavy atom. The highest BCUT2D eigenvalue weighted by atomic mass is 35.5. The van der Waals surface area contributed by atoms with Crippen LogP contribution in [0.5, 0.6) is 5.75 Å². The molecule has 0 spiro atoms. The molecule has 2 aromatic carbocycles. The molecule has 0 saturated carbocycles. The molecule has 248 valence electrons. The monoisotopic (exact) mass is 672 g/mol. The van der Waals surface area contributed by atoms with Crippen LogP contribution in [-0.2, 0) is 14.8 Å². The zero-order valence-corrected chi connectivity index (χ0v) is 27.9. The number of ether oxygens (including phenoxy) is 1. The van der Waals surface area contributed by atoms with Crippen LogP contribution < -0.4 is 24.6 Å². The summed E-state index contributed by atoms with van der Waals surface area (Å²) < 4.78 is 31.3. The quantitative estimate of drug-likeness (QED) is 0.255. The van der Waals surface area contributed by atoms with Crippen LogP contribution in [-0.4, -0.2) is 112 Å². The van der Waals surface area contributed by atoms with Crippen molar-refractivity contribution in [2.75, 3.05) is 86.1 Å². The SMILES string of the molecule is COc1cc(N2CCC(N3CCN(CCC(=O)O)CC3)CC2)ccc1Nc1ncc(Cl)c(Nc2ccccc2N(C)S(C)(=O)=O)n1. The first-order valence-electron chi connectivity index (χ1n) is 15.2. The first-order valence-corrected chi connectivity index (χ1v) is 17.4. The van der Waals surface area contributed by atoms with Gasteiger partial charge in [0.25, 0.3) is 0 Å². The molecule has 2 aliphatic rings. The Hall–Kier alpha value is -3.85. The van der Waals surface area contributed by atoms with E-state index in [1.165, 1.54) is 17.5 Å². The Balaban J connectivity index is 1.21. The topological polar surface area (TPSA) is 143 Å². The summed E-state index contributed by atoms with van der Waals surface area (Å²) in [5.41, 5.74) is 2.73. The highest BCUT2D eigenvalue weighted by Gasteiger charge is 2.28. The highest BCUT2D eigenvalue weighted by molar-refractivity contribution is 7.92. The van der Waals surface area contributed by atoms with Crippen molar-refractivity contribution in [2.24, 2.45) is 0 Å². The molecular weight excluding hydrogens is 632 g/mol. The molecule has 3 heterocycles. The number of halogens is 1. The minimum atomic E-state index is -3.48. The van der Waals surface area contributed by atoms with Crippen molar-refractivity contribution in [1.29, 1.82) is 0 Å². The number of carboxylic acid groups (broad SMARTS) is 1. The summed E-state index contributed by atoms with van der Waals surface area (Å²) in [6.45, 7) is 6.29. The molecule has 3 aromatic rings. The van der Waals surface area contributed by atoms with Crippen LogP contribution >= 0.6 is 11.6 Å². The van der Waals surface area contributed by atoms with E-state index in [9.17, 15) is 13.2 Å². The molecule has 3 N–H and O–H groups in total. The van der Waals surface area contributed by atoms with Gasteiger partial charge in [-0.2, -0.15) is 4.98 Å². The third kappa shape index (κ3) is 8.29. The zero-order valence-electron chi connectivity index (χ0n) is 26.3. The molecule has 5 rings (SSSR count). The van der Waals surface area contributed by atoms with Crippen LogP contribution in [0.4, 0.5) is 34.5 Å². The fourth-order valence-electron chi connectivity index (χ4n) is 5.87. The number of sulfonamides is 1. The van der Waals surface area contributed by atoms with Gasteiger partial charge in [-0.3, -0.25) is 14.0 Å². The first kappa shape index (κ1) is 33.5. The van der Waals surface area contributed by atoms with Gasteiger partial charge in [0.15, 0.2) is 5.82 Å². The van der Waals surface area contributed by atoms with Crippen molar-refractivity contribution in [3.05, 3.63) is 53.7 Å². The fraction of sp³-hybridized carbons (Fsp3) is 0.452. The number of nitrogens with zero attached hydrogens (tertiary/aromatic N) is 6. The smallest absolute Gasteiger partial charge is 0.304 e. The van der Waals surface area contributed by atoms with Gasteiger partial charge in [-0.1, -0.05) is 23.7 Å². The van der Waals surface area contributed by atoms with E-state index in [4.69, 9.17) is 21.4 Å². The summed E-state index contributed by atoms with van der Waals surface area (Å²) >= 11 is 6.42. The zero-order chi connectivity index (χ0) is 32.8. The average Bonchev–Trinajstić information content (AvgIpc) is 3.05. The molecular formula is C31H41ClN8O5S. The third-order valence-corrected chi connectivity index (χ3v) is 10.0. The van der Waals surface area contributed by atoms with Gasteiger partial charge in [-0.25, -0.2) is 13.4 Å². The first-order chi connectivity index (χ1) is 22.0. The molecule has 0 atom stereocenters. The van der Waals surface area contributed by atoms with Crippen molar-refractivity contribution in [1.82, 2.24) is 19.8 Å². The lowest BCUT2D eigenvalue weighted by Gasteiger charge is -2.43. The number of hydrogen-bond donors (Lipinski definition) is 3. The number of hydrogen-bond acceptors (Lipinski definition) is 11. The molecule has 13 nitrogen and oxygen atoms in total. The van der Waals surface area contributed by atoms with E-state index in [2.05, 4.69) is 41.4 Å². The van der Waals surface area contributed by atoms with Gasteiger partial charge in [0.1, 0.15) is 10.8 Å². The van der Waals surface area contributed by atoms with Crippen molar-refractivity contribution in [2.45, 2.75) is 25.3 Å². The summed E-state index contributed by atoms with van der Waals surface area (Å²) in [6, 6.07) is 13.5. The Kier molecular flexibility index (Phi) is 10.7. The van der Waals surface area contributed by atoms with E-state index in [1.54, 1.807) is 31.4 Å². The van der Waals surface area contributed by atoms with Crippen LogP contribution in [0.1, 0.15) is 19.3 Å². The van der Waals surface area contributed by atoms with Gasteiger partial charge in [0.2, 0.25) is 16.0 Å². The average molecular weight is 673 g/mol. The Bertz CT molecular complexity index is 1630. The van der Waals surface area contributed by atoms with E-state index in [-0.39, 0.29) is 17.4 Å². The maximum Gasteiger partial charge on any atom is 0.304 e. The van der Waals surface area contributed by atoms with Crippen molar-refractivity contribution >= 4 is 62.1 Å². The lowest BCUT2D eigenvalue weighted by molar-refractivity contribution is -0.137. The maximum absolute atomic E-state index is 12.2. The largest absolute Gasteiger partial charge is 0.494 e. The normalized spacial score (nSPS) is 16.7. The van der Waals surface area contributed by atoms with E-state index in [0.29, 0.717) is 41.2 Å². The summed E-state index contributed by atoms with van der Waals surface area (Å²) in [4.78, 5) is 27.0. The maximum atomic E-state index is 12.2. The number of rotatable bonds is 12. The van der Waals surface area contributed by atoms with Crippen LogP contribution in [0.15, 0.2) is 48.7 Å². The van der Waals surface area contributed by atoms with Crippen LogP contribution in [0.25, 0.3) is 0 Å². The Labute approximate surface area is 275 Å². The van der Waals surface area contributed by atoms with Gasteiger partial charge < -0.3 is 30.3 Å². The number of aliphatic carboxylic acids is 1. The number of methoxy groups -OCH3 is 1. The number of nitrogens with one attached hydrogen (secondary N) is 2. The standard InChI is InChI=1S/C31H41ClN8O5S/c1-37(46(3,43)44)27-7-5-4-6-25(27)34-30-24(32)21-33-31(36-30)35-26-9-8-23(20-28(26)45-2)39-14-10-22(11-15-39)40-18-16-38(17-19-40)13-12-29(41)42/h4-9,20-22H,10-19H2,1-3H3,(H,41,42)(H2,33,34,35,36). The second kappa shape index (κ2) is 14.7. The number of para-hydroxylation sites is 2. The minimum Gasteiger partial charge on any atom is -0.494 e. The number of carbonyl (C=O) groups is 1. The molecule has 15 heteroatoms. The van der Waals surface area contributed by atoms with Crippen molar-refractivity contribution in [3.8, 4) is 5.75 Å². The molecule has 0 unspecified atom stereocenters. The molecule has 0 bridgehead atoms. The predicted octanol–water partition coefficient (Wildman–Crippen LogP) is 4.08. The van der Waals surface area contributed by atoms with E-state index >= 15 is 0 Å². The van der Waals surface area contributed by atoms with E-state index < -0.39 is 16.0 Å². The molecule has 0 amide bonds.